The van der Waals surface area contributed by atoms with Crippen LogP contribution in [0, 0.1) is 13.8 Å². The predicted octanol–water partition coefficient (Wildman–Crippen LogP) is 2.99. The summed E-state index contributed by atoms with van der Waals surface area (Å²) in [5.74, 6) is 0. The van der Waals surface area contributed by atoms with Crippen LogP contribution in [-0.4, -0.2) is 54.7 Å². The first kappa shape index (κ1) is 21.4. The summed E-state index contributed by atoms with van der Waals surface area (Å²) in [6.45, 7) is 5.95. The first-order valence-electron chi connectivity index (χ1n) is 9.08. The third kappa shape index (κ3) is 5.31. The maximum atomic E-state index is 13.3. The van der Waals surface area contributed by atoms with Crippen molar-refractivity contribution in [3.05, 3.63) is 22.8 Å². The second-order valence-corrected chi connectivity index (χ2v) is 8.11. The fourth-order valence-corrected chi connectivity index (χ4v) is 3.17. The van der Waals surface area contributed by atoms with Gasteiger partial charge in [-0.1, -0.05) is 11.6 Å². The van der Waals surface area contributed by atoms with Crippen LogP contribution in [0.1, 0.15) is 37.5 Å². The van der Waals surface area contributed by atoms with Crippen LogP contribution in [0.3, 0.4) is 0 Å². The van der Waals surface area contributed by atoms with Crippen molar-refractivity contribution in [2.45, 2.75) is 46.8 Å². The maximum Gasteiger partial charge on any atom is 0.509 e. The number of anilines is 1. The van der Waals surface area contributed by atoms with E-state index in [1.807, 2.05) is 25.7 Å². The summed E-state index contributed by atoms with van der Waals surface area (Å²) < 4.78 is 45.3. The molecule has 0 saturated carbocycles. The van der Waals surface area contributed by atoms with Gasteiger partial charge in [-0.3, -0.25) is 4.90 Å². The van der Waals surface area contributed by atoms with Gasteiger partial charge < -0.3 is 28.3 Å². The molecule has 152 valence electrons. The number of ether oxygens (including phenoxy) is 1. The van der Waals surface area contributed by atoms with Crippen LogP contribution in [0.4, 0.5) is 23.4 Å². The molecular formula is C18H28BF3N3O2-. The van der Waals surface area contributed by atoms with Crippen LogP contribution in [-0.2, 0) is 11.3 Å². The standard InChI is InChI=1S/C18H28BF3N3O2/c1-12-14(10-15(19(20,21)22)13(2)16(12)23)11-24-6-8-25(9-7-24)17(26)27-18(3,4)5/h10H,6-9,11,23H2,1-5H3/q-1. The SMILES string of the molecule is Cc1c(CN2CCN(C(=O)OC(C)(C)C)CC2)cc([B-](F)(F)F)c(C)c1N. The molecule has 1 saturated heterocycles. The first-order valence-corrected chi connectivity index (χ1v) is 9.08. The number of hydrogen-bond acceptors (Lipinski definition) is 4. The Labute approximate surface area is 158 Å². The Morgan fingerprint density at radius 1 is 1.15 bits per heavy atom. The molecule has 1 amide bonds. The minimum atomic E-state index is -5.11. The molecule has 0 atom stereocenters. The van der Waals surface area contributed by atoms with Gasteiger partial charge in [0.25, 0.3) is 0 Å². The number of amides is 1. The summed E-state index contributed by atoms with van der Waals surface area (Å²) in [7, 11) is 0. The van der Waals surface area contributed by atoms with E-state index in [2.05, 4.69) is 0 Å². The molecule has 1 aromatic carbocycles. The highest BCUT2D eigenvalue weighted by Crippen LogP contribution is 2.25. The maximum absolute atomic E-state index is 13.3. The number of carbonyl (C=O) groups excluding carboxylic acids is 1. The molecule has 0 bridgehead atoms. The lowest BCUT2D eigenvalue weighted by molar-refractivity contribution is 0.0139. The van der Waals surface area contributed by atoms with Crippen molar-refractivity contribution in [3.8, 4) is 0 Å². The largest absolute Gasteiger partial charge is 0.509 e. The van der Waals surface area contributed by atoms with Crippen LogP contribution >= 0.6 is 0 Å². The van der Waals surface area contributed by atoms with Gasteiger partial charge in [-0.05, 0) is 45.7 Å². The molecule has 0 radical (unpaired) electrons. The lowest BCUT2D eigenvalue weighted by Crippen LogP contribution is -2.49. The molecule has 0 unspecified atom stereocenters. The van der Waals surface area contributed by atoms with E-state index in [-0.39, 0.29) is 17.3 Å². The Morgan fingerprint density at radius 2 is 1.70 bits per heavy atom. The Morgan fingerprint density at radius 3 is 2.19 bits per heavy atom. The molecule has 1 fully saturated rings. The average molecular weight is 386 g/mol. The number of hydrogen-bond donors (Lipinski definition) is 1. The summed E-state index contributed by atoms with van der Waals surface area (Å²) in [4.78, 5) is 15.8. The van der Waals surface area contributed by atoms with E-state index < -0.39 is 18.0 Å². The molecule has 0 aliphatic carbocycles. The van der Waals surface area contributed by atoms with Crippen LogP contribution < -0.4 is 11.2 Å². The van der Waals surface area contributed by atoms with Gasteiger partial charge in [-0.2, -0.15) is 0 Å². The van der Waals surface area contributed by atoms with E-state index in [1.54, 1.807) is 11.8 Å². The van der Waals surface area contributed by atoms with Crippen LogP contribution in [0.25, 0.3) is 0 Å². The third-order valence-corrected chi connectivity index (χ3v) is 4.82. The summed E-state index contributed by atoms with van der Waals surface area (Å²) in [6.07, 6.45) is -0.361. The van der Waals surface area contributed by atoms with Crippen LogP contribution in [0.2, 0.25) is 0 Å². The first-order chi connectivity index (χ1) is 12.3. The lowest BCUT2D eigenvalue weighted by atomic mass is 9.75. The quantitative estimate of drug-likeness (QED) is 0.641. The number of carbonyl (C=O) groups is 1. The monoisotopic (exact) mass is 386 g/mol. The molecule has 0 spiro atoms. The molecule has 0 aromatic heterocycles. The summed E-state index contributed by atoms with van der Waals surface area (Å²) >= 11 is 0. The average Bonchev–Trinajstić information content (AvgIpc) is 2.53. The Kier molecular flexibility index (Phi) is 6.04. The molecule has 1 aliphatic rings. The second-order valence-electron chi connectivity index (χ2n) is 8.11. The van der Waals surface area contributed by atoms with E-state index in [4.69, 9.17) is 10.5 Å². The van der Waals surface area contributed by atoms with Crippen molar-refractivity contribution in [1.29, 1.82) is 0 Å². The highest BCUT2D eigenvalue weighted by Gasteiger charge is 2.30. The number of rotatable bonds is 3. The van der Waals surface area contributed by atoms with Crippen molar-refractivity contribution >= 4 is 24.2 Å². The molecule has 2 rings (SSSR count). The highest BCUT2D eigenvalue weighted by atomic mass is 19.4. The number of nitrogens with zero attached hydrogens (tertiary/aromatic N) is 2. The highest BCUT2D eigenvalue weighted by molar-refractivity contribution is 6.74. The molecule has 1 aromatic rings. The van der Waals surface area contributed by atoms with E-state index in [0.717, 1.165) is 0 Å². The number of piperazine rings is 1. The fraction of sp³-hybridized carbons (Fsp3) is 0.611. The summed E-state index contributed by atoms with van der Waals surface area (Å²) in [5.41, 5.74) is 6.31. The fourth-order valence-electron chi connectivity index (χ4n) is 3.17. The van der Waals surface area contributed by atoms with Crippen LogP contribution in [0.5, 0.6) is 0 Å². The Hall–Kier alpha value is -1.90. The topological polar surface area (TPSA) is 58.8 Å². The van der Waals surface area contributed by atoms with Crippen molar-refractivity contribution in [2.75, 3.05) is 31.9 Å². The van der Waals surface area contributed by atoms with E-state index in [9.17, 15) is 17.7 Å². The zero-order valence-corrected chi connectivity index (χ0v) is 16.6. The lowest BCUT2D eigenvalue weighted by Gasteiger charge is -2.36. The normalized spacial score (nSPS) is 16.5. The minimum Gasteiger partial charge on any atom is -0.445 e. The predicted molar refractivity (Wildman–Crippen MR) is 102 cm³/mol. The number of nitrogen functional groups attached to an aromatic ring is 1. The molecule has 9 heteroatoms. The van der Waals surface area contributed by atoms with Gasteiger partial charge in [-0.15, -0.1) is 5.46 Å². The van der Waals surface area contributed by atoms with Crippen molar-refractivity contribution in [1.82, 2.24) is 9.80 Å². The summed E-state index contributed by atoms with van der Waals surface area (Å²) in [5, 5.41) is 0. The van der Waals surface area contributed by atoms with Gasteiger partial charge in [0.2, 0.25) is 0 Å². The van der Waals surface area contributed by atoms with E-state index in [0.29, 0.717) is 43.9 Å². The second kappa shape index (κ2) is 7.62. The summed E-state index contributed by atoms with van der Waals surface area (Å²) in [6, 6.07) is 1.22. The van der Waals surface area contributed by atoms with Gasteiger partial charge >= 0.3 is 13.1 Å². The third-order valence-electron chi connectivity index (χ3n) is 4.82. The molecule has 2 N–H and O–H groups in total. The molecule has 5 nitrogen and oxygen atoms in total. The van der Waals surface area contributed by atoms with Crippen LogP contribution in [0.15, 0.2) is 6.07 Å². The van der Waals surface area contributed by atoms with E-state index >= 15 is 0 Å². The Bertz CT molecular complexity index is 709. The zero-order chi connectivity index (χ0) is 20.6. The molecule has 27 heavy (non-hydrogen) atoms. The van der Waals surface area contributed by atoms with Gasteiger partial charge in [-0.25, -0.2) is 4.79 Å². The molecular weight excluding hydrogens is 358 g/mol. The van der Waals surface area contributed by atoms with Gasteiger partial charge in [0, 0.05) is 38.4 Å². The molecule has 1 heterocycles. The zero-order valence-electron chi connectivity index (χ0n) is 16.6. The molecule has 1 aliphatic heterocycles. The minimum absolute atomic E-state index is 0.0958. The van der Waals surface area contributed by atoms with Gasteiger partial charge in [0.05, 0.1) is 0 Å². The number of nitrogens with two attached hydrogens (primary N) is 1. The van der Waals surface area contributed by atoms with Gasteiger partial charge in [0.1, 0.15) is 5.60 Å². The van der Waals surface area contributed by atoms with Crippen molar-refractivity contribution < 1.29 is 22.5 Å². The number of benzene rings is 1. The Balaban J connectivity index is 2.07. The van der Waals surface area contributed by atoms with Gasteiger partial charge in [0.15, 0.2) is 0 Å². The van der Waals surface area contributed by atoms with E-state index in [1.165, 1.54) is 13.0 Å². The van der Waals surface area contributed by atoms with Crippen molar-refractivity contribution in [2.24, 2.45) is 0 Å². The smallest absolute Gasteiger partial charge is 0.445 e. The number of halogens is 3. The van der Waals surface area contributed by atoms with Crippen molar-refractivity contribution in [3.63, 3.8) is 0 Å².